The number of rotatable bonds is 4. The van der Waals surface area contributed by atoms with Gasteiger partial charge < -0.3 is 19.9 Å². The van der Waals surface area contributed by atoms with Gasteiger partial charge in [0, 0.05) is 36.5 Å². The van der Waals surface area contributed by atoms with E-state index in [-0.39, 0.29) is 11.6 Å². The fraction of sp³-hybridized carbons (Fsp3) is 0.240. The molecule has 4 aromatic rings. The third kappa shape index (κ3) is 6.16. The summed E-state index contributed by atoms with van der Waals surface area (Å²) in [5, 5.41) is 18.9. The van der Waals surface area contributed by atoms with E-state index in [2.05, 4.69) is 20.5 Å². The molecule has 0 spiro atoms. The number of anilines is 3. The van der Waals surface area contributed by atoms with E-state index >= 15 is 0 Å². The van der Waals surface area contributed by atoms with Gasteiger partial charge in [0.25, 0.3) is 0 Å². The fourth-order valence-electron chi connectivity index (χ4n) is 4.25. The van der Waals surface area contributed by atoms with E-state index in [4.69, 9.17) is 14.9 Å². The zero-order valence-corrected chi connectivity index (χ0v) is 21.7. The molecule has 2 aliphatic heterocycles. The average Bonchev–Trinajstić information content (AvgIpc) is 3.52. The van der Waals surface area contributed by atoms with Crippen molar-refractivity contribution in [1.82, 2.24) is 24.7 Å². The van der Waals surface area contributed by atoms with Gasteiger partial charge in [-0.1, -0.05) is 6.07 Å². The van der Waals surface area contributed by atoms with E-state index in [0.717, 1.165) is 17.1 Å². The lowest BCUT2D eigenvalue weighted by molar-refractivity contribution is -0.192. The molecule has 10 nitrogen and oxygen atoms in total. The number of carbonyl (C=O) groups is 1. The molecule has 1 unspecified atom stereocenters. The summed E-state index contributed by atoms with van der Waals surface area (Å²) in [4.78, 5) is 20.9. The van der Waals surface area contributed by atoms with Crippen molar-refractivity contribution >= 4 is 34.2 Å². The summed E-state index contributed by atoms with van der Waals surface area (Å²) in [7, 11) is -1.21. The molecule has 4 heterocycles. The Balaban J connectivity index is 0.000000431. The number of carboxylic acids is 1. The summed E-state index contributed by atoms with van der Waals surface area (Å²) in [6.45, 7) is 1.66. The average molecular weight is 594 g/mol. The number of carboxylic acid groups (broad SMARTS) is 1. The Hall–Kier alpha value is -4.47. The summed E-state index contributed by atoms with van der Waals surface area (Å²) < 4.78 is 73.4. The van der Waals surface area contributed by atoms with Crippen LogP contribution in [-0.2, 0) is 35.1 Å². The second-order valence-electron chi connectivity index (χ2n) is 8.91. The van der Waals surface area contributed by atoms with Crippen LogP contribution in [0.2, 0.25) is 0 Å². The van der Waals surface area contributed by atoms with E-state index < -0.39 is 22.9 Å². The molecule has 2 aromatic heterocycles. The Bertz CT molecular complexity index is 1630. The van der Waals surface area contributed by atoms with Crippen molar-refractivity contribution < 1.29 is 36.1 Å². The van der Waals surface area contributed by atoms with Crippen molar-refractivity contribution in [2.45, 2.75) is 30.6 Å². The standard InChI is InChI=1S/C23H19F2N7OS.C2HF3O2/c24-15-6-4-14(5-7-15)22-30-29-19-13-31(9-10-32(19)22)23-27-18-8-11-34(33)20(18)21(28-23)26-17-3-1-2-16(25)12-17;3-2(4,5)1(6)7/h1-7,12H,8-11,13H2,(H,26,27,28);(H,6,7). The van der Waals surface area contributed by atoms with Crippen LogP contribution in [0.5, 0.6) is 0 Å². The highest BCUT2D eigenvalue weighted by molar-refractivity contribution is 7.85. The molecule has 0 bridgehead atoms. The van der Waals surface area contributed by atoms with Crippen LogP contribution in [0.1, 0.15) is 11.5 Å². The summed E-state index contributed by atoms with van der Waals surface area (Å²) >= 11 is 0. The van der Waals surface area contributed by atoms with Crippen LogP contribution >= 0.6 is 0 Å². The number of hydrogen-bond acceptors (Lipinski definition) is 8. The Labute approximate surface area is 231 Å². The molecule has 41 heavy (non-hydrogen) atoms. The first-order valence-electron chi connectivity index (χ1n) is 12.0. The number of fused-ring (bicyclic) bond motifs is 2. The number of halogens is 5. The first kappa shape index (κ1) is 28.1. The topological polar surface area (TPSA) is 126 Å². The van der Waals surface area contributed by atoms with Gasteiger partial charge in [0.1, 0.15) is 16.5 Å². The first-order chi connectivity index (χ1) is 19.5. The lowest BCUT2D eigenvalue weighted by Crippen LogP contribution is -2.35. The minimum absolute atomic E-state index is 0.300. The van der Waals surface area contributed by atoms with Crippen LogP contribution < -0.4 is 10.2 Å². The largest absolute Gasteiger partial charge is 0.490 e. The smallest absolute Gasteiger partial charge is 0.475 e. The van der Waals surface area contributed by atoms with Crippen molar-refractivity contribution in [1.29, 1.82) is 0 Å². The molecule has 0 radical (unpaired) electrons. The molecule has 0 aliphatic carbocycles. The van der Waals surface area contributed by atoms with Gasteiger partial charge in [0.2, 0.25) is 5.95 Å². The van der Waals surface area contributed by atoms with Gasteiger partial charge in [0.15, 0.2) is 17.5 Å². The summed E-state index contributed by atoms with van der Waals surface area (Å²) in [5.74, 6) is -0.580. The van der Waals surface area contributed by atoms with Crippen LogP contribution in [0.4, 0.5) is 39.4 Å². The zero-order valence-electron chi connectivity index (χ0n) is 20.9. The Kier molecular flexibility index (Phi) is 7.66. The normalized spacial score (nSPS) is 15.9. The lowest BCUT2D eigenvalue weighted by atomic mass is 10.2. The third-order valence-corrected chi connectivity index (χ3v) is 7.60. The molecular weight excluding hydrogens is 573 g/mol. The number of aryl methyl sites for hydroxylation is 1. The predicted molar refractivity (Wildman–Crippen MR) is 137 cm³/mol. The number of aliphatic carboxylic acids is 1. The Morgan fingerprint density at radius 3 is 2.41 bits per heavy atom. The Morgan fingerprint density at radius 1 is 1.00 bits per heavy atom. The maximum atomic E-state index is 13.7. The summed E-state index contributed by atoms with van der Waals surface area (Å²) in [6, 6.07) is 12.3. The molecule has 2 N–H and O–H groups in total. The van der Waals surface area contributed by atoms with Gasteiger partial charge in [-0.3, -0.25) is 4.21 Å². The monoisotopic (exact) mass is 593 g/mol. The molecule has 0 fully saturated rings. The summed E-state index contributed by atoms with van der Waals surface area (Å²) in [5.41, 5.74) is 2.06. The number of aromatic nitrogens is 5. The van der Waals surface area contributed by atoms with Gasteiger partial charge in [-0.25, -0.2) is 18.6 Å². The van der Waals surface area contributed by atoms with Gasteiger partial charge >= 0.3 is 12.1 Å². The zero-order chi connectivity index (χ0) is 29.3. The van der Waals surface area contributed by atoms with Gasteiger partial charge in [-0.15, -0.1) is 10.2 Å². The maximum absolute atomic E-state index is 13.7. The minimum atomic E-state index is -5.08. The van der Waals surface area contributed by atoms with Crippen LogP contribution in [0.15, 0.2) is 53.4 Å². The van der Waals surface area contributed by atoms with Crippen molar-refractivity contribution in [2.75, 3.05) is 22.5 Å². The molecule has 1 atom stereocenters. The molecule has 2 aliphatic rings. The van der Waals surface area contributed by atoms with Gasteiger partial charge in [0.05, 0.1) is 23.0 Å². The van der Waals surface area contributed by atoms with Crippen molar-refractivity contribution in [3.05, 3.63) is 71.7 Å². The van der Waals surface area contributed by atoms with Crippen LogP contribution in [0, 0.1) is 11.6 Å². The van der Waals surface area contributed by atoms with E-state index in [9.17, 15) is 26.2 Å². The minimum Gasteiger partial charge on any atom is -0.475 e. The number of alkyl halides is 3. The molecule has 0 saturated carbocycles. The fourth-order valence-corrected chi connectivity index (χ4v) is 5.56. The maximum Gasteiger partial charge on any atom is 0.490 e. The highest BCUT2D eigenvalue weighted by Crippen LogP contribution is 2.33. The molecule has 6 rings (SSSR count). The summed E-state index contributed by atoms with van der Waals surface area (Å²) in [6.07, 6.45) is -4.49. The number of hydrogen-bond donors (Lipinski definition) is 2. The number of nitrogens with one attached hydrogen (secondary N) is 1. The first-order valence-corrected chi connectivity index (χ1v) is 13.4. The SMILES string of the molecule is O=C(O)C(F)(F)F.O=S1CCc2nc(N3CCn4c(nnc4-c4ccc(F)cc4)C3)nc(Nc3cccc(F)c3)c21. The highest BCUT2D eigenvalue weighted by atomic mass is 32.2. The second-order valence-corrected chi connectivity index (χ2v) is 10.4. The van der Waals surface area contributed by atoms with Crippen LogP contribution in [0.3, 0.4) is 0 Å². The van der Waals surface area contributed by atoms with E-state index in [1.807, 2.05) is 9.47 Å². The van der Waals surface area contributed by atoms with E-state index in [1.165, 1.54) is 24.3 Å². The quantitative estimate of drug-likeness (QED) is 0.337. The molecule has 2 aromatic carbocycles. The second kappa shape index (κ2) is 11.2. The van der Waals surface area contributed by atoms with Crippen molar-refractivity contribution in [2.24, 2.45) is 0 Å². The highest BCUT2D eigenvalue weighted by Gasteiger charge is 2.38. The molecular formula is C25H20F5N7O3S. The van der Waals surface area contributed by atoms with Gasteiger partial charge in [-0.2, -0.15) is 18.2 Å². The number of benzene rings is 2. The van der Waals surface area contributed by atoms with E-state index in [0.29, 0.717) is 60.0 Å². The number of nitrogens with zero attached hydrogens (tertiary/aromatic N) is 6. The molecule has 0 amide bonds. The van der Waals surface area contributed by atoms with Crippen molar-refractivity contribution in [3.8, 4) is 11.4 Å². The predicted octanol–water partition coefficient (Wildman–Crippen LogP) is 4.07. The van der Waals surface area contributed by atoms with Crippen LogP contribution in [0.25, 0.3) is 11.4 Å². The van der Waals surface area contributed by atoms with Crippen molar-refractivity contribution in [3.63, 3.8) is 0 Å². The van der Waals surface area contributed by atoms with Crippen LogP contribution in [-0.4, -0.2) is 58.5 Å². The lowest BCUT2D eigenvalue weighted by Gasteiger charge is -2.28. The van der Waals surface area contributed by atoms with Gasteiger partial charge in [-0.05, 0) is 42.5 Å². The third-order valence-electron chi connectivity index (χ3n) is 6.14. The Morgan fingerprint density at radius 2 is 1.73 bits per heavy atom. The molecule has 16 heteroatoms. The molecule has 0 saturated heterocycles. The van der Waals surface area contributed by atoms with E-state index in [1.54, 1.807) is 24.3 Å². The molecule has 214 valence electrons.